The molecule has 5 heteroatoms. The number of thiazole rings is 1. The number of hydrogen-bond donors (Lipinski definition) is 1. The molecule has 0 saturated heterocycles. The Balaban J connectivity index is 2.12. The van der Waals surface area contributed by atoms with Crippen molar-refractivity contribution in [3.8, 4) is 0 Å². The zero-order chi connectivity index (χ0) is 11.4. The van der Waals surface area contributed by atoms with Crippen LogP contribution in [0.2, 0.25) is 0 Å². The summed E-state index contributed by atoms with van der Waals surface area (Å²) >= 11 is 4.94. The van der Waals surface area contributed by atoms with Gasteiger partial charge in [-0.2, -0.15) is 0 Å². The fourth-order valence-corrected chi connectivity index (χ4v) is 2.48. The molecule has 0 aliphatic rings. The molecule has 0 aliphatic carbocycles. The zero-order valence-corrected chi connectivity index (χ0v) is 11.3. The van der Waals surface area contributed by atoms with Gasteiger partial charge in [0.2, 0.25) is 0 Å². The predicted octanol–water partition coefficient (Wildman–Crippen LogP) is 4.00. The first-order chi connectivity index (χ1) is 7.78. The van der Waals surface area contributed by atoms with Gasteiger partial charge in [0.05, 0.1) is 9.98 Å². The summed E-state index contributed by atoms with van der Waals surface area (Å²) in [6.45, 7) is 2.15. The molecule has 16 heavy (non-hydrogen) atoms. The number of hydrogen-bond acceptors (Lipinski definition) is 4. The summed E-state index contributed by atoms with van der Waals surface area (Å²) in [5, 5.41) is 4.04. The molecule has 1 N–H and O–H groups in total. The largest absolute Gasteiger partial charge is 0.316 e. The summed E-state index contributed by atoms with van der Waals surface area (Å²) in [7, 11) is 0. The van der Waals surface area contributed by atoms with Gasteiger partial charge in [-0.1, -0.05) is 30.7 Å². The standard InChI is InChI=1S/C11H12BrN3S/c1-2-4-8-5-3-6-10(14-8)15-11-13-7-9(12)16-11/h3,5-7H,2,4H2,1H3,(H,13,14,15). The lowest BCUT2D eigenvalue weighted by Crippen LogP contribution is -1.96. The summed E-state index contributed by atoms with van der Waals surface area (Å²) in [5.74, 6) is 0.854. The Morgan fingerprint density at radius 1 is 1.44 bits per heavy atom. The van der Waals surface area contributed by atoms with E-state index < -0.39 is 0 Å². The van der Waals surface area contributed by atoms with Crippen molar-refractivity contribution in [3.05, 3.63) is 33.9 Å². The number of rotatable bonds is 4. The lowest BCUT2D eigenvalue weighted by Gasteiger charge is -2.03. The van der Waals surface area contributed by atoms with Crippen molar-refractivity contribution in [2.75, 3.05) is 5.32 Å². The SMILES string of the molecule is CCCc1cccc(Nc2ncc(Br)s2)n1. The summed E-state index contributed by atoms with van der Waals surface area (Å²) in [6, 6.07) is 6.02. The van der Waals surface area contributed by atoms with Crippen LogP contribution in [0.5, 0.6) is 0 Å². The van der Waals surface area contributed by atoms with Crippen molar-refractivity contribution >= 4 is 38.2 Å². The molecule has 2 rings (SSSR count). The van der Waals surface area contributed by atoms with Gasteiger partial charge < -0.3 is 5.32 Å². The highest BCUT2D eigenvalue weighted by molar-refractivity contribution is 9.11. The van der Waals surface area contributed by atoms with Crippen molar-refractivity contribution in [2.45, 2.75) is 19.8 Å². The first-order valence-electron chi connectivity index (χ1n) is 5.12. The average molecular weight is 298 g/mol. The second-order valence-corrected chi connectivity index (χ2v) is 5.77. The van der Waals surface area contributed by atoms with E-state index in [1.807, 2.05) is 18.2 Å². The number of nitrogens with one attached hydrogen (secondary N) is 1. The molecule has 0 saturated carbocycles. The first kappa shape index (κ1) is 11.5. The molecule has 0 radical (unpaired) electrons. The molecule has 0 fully saturated rings. The maximum absolute atomic E-state index is 4.51. The molecule has 2 aromatic rings. The number of pyridine rings is 1. The fraction of sp³-hybridized carbons (Fsp3) is 0.273. The minimum Gasteiger partial charge on any atom is -0.316 e. The number of anilines is 2. The molecule has 0 aliphatic heterocycles. The normalized spacial score (nSPS) is 10.4. The molecule has 0 spiro atoms. The maximum atomic E-state index is 4.51. The van der Waals surface area contributed by atoms with Gasteiger partial charge in [0, 0.05) is 5.69 Å². The van der Waals surface area contributed by atoms with E-state index in [9.17, 15) is 0 Å². The van der Waals surface area contributed by atoms with Crippen LogP contribution < -0.4 is 5.32 Å². The van der Waals surface area contributed by atoms with Crippen LogP contribution in [0.4, 0.5) is 10.9 Å². The van der Waals surface area contributed by atoms with Crippen LogP contribution in [0.1, 0.15) is 19.0 Å². The zero-order valence-electron chi connectivity index (χ0n) is 8.90. The molecule has 84 valence electrons. The molecular weight excluding hydrogens is 286 g/mol. The Bertz CT molecular complexity index is 470. The predicted molar refractivity (Wildman–Crippen MR) is 71.3 cm³/mol. The van der Waals surface area contributed by atoms with Crippen molar-refractivity contribution in [1.82, 2.24) is 9.97 Å². The third-order valence-electron chi connectivity index (χ3n) is 2.03. The van der Waals surface area contributed by atoms with Crippen LogP contribution >= 0.6 is 27.3 Å². The van der Waals surface area contributed by atoms with E-state index in [1.165, 1.54) is 0 Å². The third kappa shape index (κ3) is 3.02. The van der Waals surface area contributed by atoms with E-state index in [-0.39, 0.29) is 0 Å². The molecule has 0 aromatic carbocycles. The lowest BCUT2D eigenvalue weighted by atomic mass is 10.2. The van der Waals surface area contributed by atoms with Gasteiger partial charge in [-0.3, -0.25) is 0 Å². The Kier molecular flexibility index (Phi) is 3.90. The van der Waals surface area contributed by atoms with Gasteiger partial charge in [0.1, 0.15) is 5.82 Å². The van der Waals surface area contributed by atoms with Crippen molar-refractivity contribution < 1.29 is 0 Å². The van der Waals surface area contributed by atoms with E-state index in [4.69, 9.17) is 0 Å². The molecule has 0 unspecified atom stereocenters. The van der Waals surface area contributed by atoms with Crippen LogP contribution in [0.15, 0.2) is 28.2 Å². The van der Waals surface area contributed by atoms with Crippen molar-refractivity contribution in [2.24, 2.45) is 0 Å². The van der Waals surface area contributed by atoms with E-state index >= 15 is 0 Å². The monoisotopic (exact) mass is 297 g/mol. The summed E-state index contributed by atoms with van der Waals surface area (Å²) in [6.07, 6.45) is 3.90. The van der Waals surface area contributed by atoms with Gasteiger partial charge in [-0.05, 0) is 34.5 Å². The summed E-state index contributed by atoms with van der Waals surface area (Å²) in [5.41, 5.74) is 1.11. The quantitative estimate of drug-likeness (QED) is 0.927. The van der Waals surface area contributed by atoms with Gasteiger partial charge in [-0.25, -0.2) is 9.97 Å². The third-order valence-corrected chi connectivity index (χ3v) is 3.42. The molecule has 2 heterocycles. The molecule has 0 amide bonds. The van der Waals surface area contributed by atoms with E-state index in [1.54, 1.807) is 17.5 Å². The Labute approximate surface area is 107 Å². The smallest absolute Gasteiger partial charge is 0.189 e. The van der Waals surface area contributed by atoms with Gasteiger partial charge >= 0.3 is 0 Å². The lowest BCUT2D eigenvalue weighted by molar-refractivity contribution is 0.884. The molecule has 2 aromatic heterocycles. The van der Waals surface area contributed by atoms with Gasteiger partial charge in [0.15, 0.2) is 5.13 Å². The first-order valence-corrected chi connectivity index (χ1v) is 6.73. The number of aryl methyl sites for hydroxylation is 1. The average Bonchev–Trinajstić information content (AvgIpc) is 2.65. The highest BCUT2D eigenvalue weighted by Gasteiger charge is 2.01. The van der Waals surface area contributed by atoms with Gasteiger partial charge in [-0.15, -0.1) is 0 Å². The molecular formula is C11H12BrN3S. The Hall–Kier alpha value is -0.940. The number of nitrogens with zero attached hydrogens (tertiary/aromatic N) is 2. The Morgan fingerprint density at radius 3 is 3.00 bits per heavy atom. The van der Waals surface area contributed by atoms with Crippen LogP contribution in [-0.4, -0.2) is 9.97 Å². The van der Waals surface area contributed by atoms with Crippen LogP contribution in [0.25, 0.3) is 0 Å². The summed E-state index contributed by atoms with van der Waals surface area (Å²) in [4.78, 5) is 8.71. The van der Waals surface area contributed by atoms with Crippen LogP contribution in [0.3, 0.4) is 0 Å². The van der Waals surface area contributed by atoms with Crippen LogP contribution in [-0.2, 0) is 6.42 Å². The van der Waals surface area contributed by atoms with Crippen LogP contribution in [0, 0.1) is 0 Å². The highest BCUT2D eigenvalue weighted by atomic mass is 79.9. The maximum Gasteiger partial charge on any atom is 0.189 e. The number of aromatic nitrogens is 2. The van der Waals surface area contributed by atoms with E-state index in [0.717, 1.165) is 33.3 Å². The minimum absolute atomic E-state index is 0.854. The molecule has 0 atom stereocenters. The van der Waals surface area contributed by atoms with E-state index in [2.05, 4.69) is 38.1 Å². The topological polar surface area (TPSA) is 37.8 Å². The molecule has 0 bridgehead atoms. The summed E-state index contributed by atoms with van der Waals surface area (Å²) < 4.78 is 1.01. The Morgan fingerprint density at radius 2 is 2.31 bits per heavy atom. The number of halogens is 1. The van der Waals surface area contributed by atoms with Crippen molar-refractivity contribution in [1.29, 1.82) is 0 Å². The highest BCUT2D eigenvalue weighted by Crippen LogP contribution is 2.25. The van der Waals surface area contributed by atoms with E-state index in [0.29, 0.717) is 0 Å². The molecule has 3 nitrogen and oxygen atoms in total. The minimum atomic E-state index is 0.854. The van der Waals surface area contributed by atoms with Gasteiger partial charge in [0.25, 0.3) is 0 Å². The second-order valence-electron chi connectivity index (χ2n) is 3.36. The van der Waals surface area contributed by atoms with Crippen molar-refractivity contribution in [3.63, 3.8) is 0 Å². The fourth-order valence-electron chi connectivity index (χ4n) is 1.37. The second kappa shape index (κ2) is 5.41.